The van der Waals surface area contributed by atoms with Crippen LogP contribution in [-0.2, 0) is 13.1 Å². The molecule has 0 amide bonds. The van der Waals surface area contributed by atoms with Gasteiger partial charge in [0.05, 0.1) is 11.6 Å². The van der Waals surface area contributed by atoms with Crippen LogP contribution in [-0.4, -0.2) is 37.0 Å². The number of hydrogen-bond donors (Lipinski definition) is 2. The van der Waals surface area contributed by atoms with Crippen molar-refractivity contribution < 1.29 is 4.39 Å². The summed E-state index contributed by atoms with van der Waals surface area (Å²) in [5.41, 5.74) is 2.18. The molecule has 2 aromatic carbocycles. The first-order valence-corrected chi connectivity index (χ1v) is 9.60. The lowest BCUT2D eigenvalue weighted by atomic mass is 10.0. The van der Waals surface area contributed by atoms with Crippen LogP contribution in [0.15, 0.2) is 53.5 Å². The molecule has 0 unspecified atom stereocenters. The summed E-state index contributed by atoms with van der Waals surface area (Å²) in [6.07, 6.45) is 2.08. The molecule has 5 nitrogen and oxygen atoms in total. The minimum atomic E-state index is -0.378. The van der Waals surface area contributed by atoms with Crippen LogP contribution in [0.2, 0.25) is 0 Å². The zero-order valence-electron chi connectivity index (χ0n) is 16.6. The molecule has 3 rings (SSSR count). The Morgan fingerprint density at radius 3 is 2.55 bits per heavy atom. The van der Waals surface area contributed by atoms with Crippen LogP contribution in [0, 0.1) is 17.1 Å². The molecule has 0 radical (unpaired) electrons. The molecule has 1 aliphatic heterocycles. The summed E-state index contributed by atoms with van der Waals surface area (Å²) in [6, 6.07) is 17.3. The number of nitrogens with one attached hydrogen (secondary N) is 2. The SMILES string of the molecule is CN=C(NCc1ccc(C#N)cc1F)NC1CCN(Cc2ccccc2)CC1.I. The van der Waals surface area contributed by atoms with Crippen molar-refractivity contribution in [2.75, 3.05) is 20.1 Å². The summed E-state index contributed by atoms with van der Waals surface area (Å²) in [6.45, 7) is 3.38. The third-order valence-electron chi connectivity index (χ3n) is 5.03. The number of rotatable bonds is 5. The highest BCUT2D eigenvalue weighted by molar-refractivity contribution is 14.0. The number of benzene rings is 2. The molecule has 2 N–H and O–H groups in total. The number of likely N-dealkylation sites (tertiary alicyclic amines) is 1. The molecular weight excluding hydrogens is 480 g/mol. The highest BCUT2D eigenvalue weighted by Crippen LogP contribution is 2.14. The molecule has 0 bridgehead atoms. The van der Waals surface area contributed by atoms with Crippen molar-refractivity contribution in [3.8, 4) is 6.07 Å². The Balaban J connectivity index is 0.00000300. The number of piperidine rings is 1. The minimum absolute atomic E-state index is 0. The van der Waals surface area contributed by atoms with Gasteiger partial charge in [0, 0.05) is 44.8 Å². The van der Waals surface area contributed by atoms with Crippen LogP contribution in [0.1, 0.15) is 29.5 Å². The number of guanidine groups is 1. The Morgan fingerprint density at radius 1 is 1.21 bits per heavy atom. The van der Waals surface area contributed by atoms with Gasteiger partial charge in [-0.05, 0) is 30.5 Å². The Hall–Kier alpha value is -2.18. The lowest BCUT2D eigenvalue weighted by Gasteiger charge is -2.33. The molecule has 7 heteroatoms. The van der Waals surface area contributed by atoms with E-state index in [4.69, 9.17) is 5.26 Å². The first-order chi connectivity index (χ1) is 13.7. The zero-order valence-corrected chi connectivity index (χ0v) is 18.9. The van der Waals surface area contributed by atoms with E-state index in [1.807, 2.05) is 12.1 Å². The third-order valence-corrected chi connectivity index (χ3v) is 5.03. The maximum atomic E-state index is 14.0. The quantitative estimate of drug-likeness (QED) is 0.369. The second-order valence-electron chi connectivity index (χ2n) is 7.02. The fraction of sp³-hybridized carbons (Fsp3) is 0.364. The van der Waals surface area contributed by atoms with E-state index in [0.717, 1.165) is 32.5 Å². The van der Waals surface area contributed by atoms with Gasteiger partial charge < -0.3 is 10.6 Å². The summed E-state index contributed by atoms with van der Waals surface area (Å²) < 4.78 is 14.0. The van der Waals surface area contributed by atoms with Crippen molar-refractivity contribution in [1.29, 1.82) is 5.26 Å². The molecule has 0 saturated carbocycles. The van der Waals surface area contributed by atoms with Gasteiger partial charge in [-0.2, -0.15) is 5.26 Å². The fourth-order valence-electron chi connectivity index (χ4n) is 3.40. The van der Waals surface area contributed by atoms with E-state index in [2.05, 4.69) is 44.8 Å². The van der Waals surface area contributed by atoms with Crippen LogP contribution in [0.3, 0.4) is 0 Å². The van der Waals surface area contributed by atoms with Crippen LogP contribution in [0.4, 0.5) is 4.39 Å². The lowest BCUT2D eigenvalue weighted by molar-refractivity contribution is 0.198. The van der Waals surface area contributed by atoms with Crippen LogP contribution in [0.5, 0.6) is 0 Å². The van der Waals surface area contributed by atoms with E-state index in [0.29, 0.717) is 29.7 Å². The average Bonchev–Trinajstić information content (AvgIpc) is 2.73. The number of nitrogens with zero attached hydrogens (tertiary/aromatic N) is 3. The van der Waals surface area contributed by atoms with Crippen molar-refractivity contribution in [1.82, 2.24) is 15.5 Å². The zero-order chi connectivity index (χ0) is 19.8. The summed E-state index contributed by atoms with van der Waals surface area (Å²) in [5, 5.41) is 15.4. The molecular formula is C22H27FIN5. The molecule has 1 saturated heterocycles. The molecule has 29 heavy (non-hydrogen) atoms. The van der Waals surface area contributed by atoms with Gasteiger partial charge in [-0.25, -0.2) is 4.39 Å². The Kier molecular flexibility index (Phi) is 9.35. The van der Waals surface area contributed by atoms with Crippen molar-refractivity contribution in [3.05, 3.63) is 71.0 Å². The van der Waals surface area contributed by atoms with E-state index in [-0.39, 0.29) is 29.8 Å². The van der Waals surface area contributed by atoms with Crippen molar-refractivity contribution in [2.45, 2.75) is 32.0 Å². The molecule has 0 atom stereocenters. The predicted molar refractivity (Wildman–Crippen MR) is 125 cm³/mol. The average molecular weight is 507 g/mol. The third kappa shape index (κ3) is 6.98. The van der Waals surface area contributed by atoms with Gasteiger partial charge >= 0.3 is 0 Å². The van der Waals surface area contributed by atoms with Gasteiger partial charge in [-0.1, -0.05) is 36.4 Å². The van der Waals surface area contributed by atoms with Crippen molar-refractivity contribution in [3.63, 3.8) is 0 Å². The largest absolute Gasteiger partial charge is 0.354 e. The standard InChI is InChI=1S/C22H26FN5.HI/c1-25-22(26-15-19-8-7-18(14-24)13-21(19)23)27-20-9-11-28(12-10-20)16-17-5-3-2-4-6-17;/h2-8,13,20H,9-12,15-16H2,1H3,(H2,25,26,27);1H. The Morgan fingerprint density at radius 2 is 1.93 bits per heavy atom. The molecule has 0 spiro atoms. The fourth-order valence-corrected chi connectivity index (χ4v) is 3.40. The number of hydrogen-bond acceptors (Lipinski definition) is 3. The number of aliphatic imine (C=N–C) groups is 1. The highest BCUT2D eigenvalue weighted by Gasteiger charge is 2.20. The van der Waals surface area contributed by atoms with Crippen LogP contribution >= 0.6 is 24.0 Å². The van der Waals surface area contributed by atoms with Gasteiger partial charge in [0.15, 0.2) is 5.96 Å². The summed E-state index contributed by atoms with van der Waals surface area (Å²) in [5.74, 6) is 0.293. The van der Waals surface area contributed by atoms with Gasteiger partial charge in [-0.15, -0.1) is 24.0 Å². The second-order valence-corrected chi connectivity index (χ2v) is 7.02. The van der Waals surface area contributed by atoms with E-state index >= 15 is 0 Å². The molecule has 0 aliphatic carbocycles. The van der Waals surface area contributed by atoms with E-state index < -0.39 is 0 Å². The van der Waals surface area contributed by atoms with E-state index in [1.54, 1.807) is 19.2 Å². The minimum Gasteiger partial charge on any atom is -0.354 e. The topological polar surface area (TPSA) is 63.5 Å². The van der Waals surface area contributed by atoms with Gasteiger partial charge in [-0.3, -0.25) is 9.89 Å². The van der Waals surface area contributed by atoms with Gasteiger partial charge in [0.25, 0.3) is 0 Å². The number of nitriles is 1. The Labute approximate surface area is 189 Å². The maximum absolute atomic E-state index is 14.0. The molecule has 0 aromatic heterocycles. The smallest absolute Gasteiger partial charge is 0.191 e. The van der Waals surface area contributed by atoms with Crippen LogP contribution in [0.25, 0.3) is 0 Å². The normalized spacial score (nSPS) is 15.3. The van der Waals surface area contributed by atoms with Crippen molar-refractivity contribution >= 4 is 29.9 Å². The maximum Gasteiger partial charge on any atom is 0.191 e. The monoisotopic (exact) mass is 507 g/mol. The Bertz CT molecular complexity index is 842. The van der Waals surface area contributed by atoms with E-state index in [9.17, 15) is 4.39 Å². The lowest BCUT2D eigenvalue weighted by Crippen LogP contribution is -2.48. The first-order valence-electron chi connectivity index (χ1n) is 9.60. The summed E-state index contributed by atoms with van der Waals surface area (Å²) >= 11 is 0. The van der Waals surface area contributed by atoms with Crippen LogP contribution < -0.4 is 10.6 Å². The van der Waals surface area contributed by atoms with E-state index in [1.165, 1.54) is 11.6 Å². The second kappa shape index (κ2) is 11.7. The molecule has 2 aromatic rings. The number of halogens is 2. The summed E-state index contributed by atoms with van der Waals surface area (Å²) in [7, 11) is 1.72. The molecule has 1 heterocycles. The molecule has 1 aliphatic rings. The summed E-state index contributed by atoms with van der Waals surface area (Å²) in [4.78, 5) is 6.72. The van der Waals surface area contributed by atoms with Crippen molar-refractivity contribution in [2.24, 2.45) is 4.99 Å². The van der Waals surface area contributed by atoms with Gasteiger partial charge in [0.1, 0.15) is 5.82 Å². The predicted octanol–water partition coefficient (Wildman–Crippen LogP) is 3.64. The first kappa shape index (κ1) is 23.1. The molecule has 1 fully saturated rings. The highest BCUT2D eigenvalue weighted by atomic mass is 127. The van der Waals surface area contributed by atoms with Gasteiger partial charge in [0.2, 0.25) is 0 Å². The molecule has 154 valence electrons.